The molecule has 1 aliphatic heterocycles. The van der Waals surface area contributed by atoms with Gasteiger partial charge >= 0.3 is 29.6 Å². The van der Waals surface area contributed by atoms with Crippen LogP contribution in [0.2, 0.25) is 0 Å². The van der Waals surface area contributed by atoms with Crippen molar-refractivity contribution in [3.8, 4) is 0 Å². The van der Waals surface area contributed by atoms with Crippen LogP contribution >= 0.6 is 0 Å². The van der Waals surface area contributed by atoms with Crippen LogP contribution in [0.3, 0.4) is 0 Å². The Hall–Kier alpha value is -0.360. The summed E-state index contributed by atoms with van der Waals surface area (Å²) in [5, 5.41) is 0. The van der Waals surface area contributed by atoms with E-state index in [2.05, 4.69) is 4.72 Å². The van der Waals surface area contributed by atoms with E-state index >= 15 is 0 Å². The number of rotatable bonds is 4. The predicted octanol–water partition coefficient (Wildman–Crippen LogP) is -3.20. The molecule has 8 nitrogen and oxygen atoms in total. The fourth-order valence-electron chi connectivity index (χ4n) is 2.06. The summed E-state index contributed by atoms with van der Waals surface area (Å²) in [5.41, 5.74) is 0.288. The zero-order valence-corrected chi connectivity index (χ0v) is 15.9. The number of nitrogens with one attached hydrogen (secondary N) is 1. The van der Waals surface area contributed by atoms with Gasteiger partial charge in [-0.15, -0.1) is 0 Å². The van der Waals surface area contributed by atoms with Gasteiger partial charge in [0.1, 0.15) is 10.1 Å². The van der Waals surface area contributed by atoms with Gasteiger partial charge in [0.05, 0.1) is 30.1 Å². The molecule has 0 spiro atoms. The van der Waals surface area contributed by atoms with Crippen LogP contribution < -0.4 is 39.2 Å². The molecule has 1 heterocycles. The topological polar surface area (TPSA) is 116 Å². The van der Waals surface area contributed by atoms with Crippen LogP contribution in [-0.4, -0.2) is 53.9 Å². The summed E-state index contributed by atoms with van der Waals surface area (Å²) in [5.74, 6) is 0. The van der Waals surface area contributed by atoms with Gasteiger partial charge in [-0.05, 0) is 18.2 Å². The minimum absolute atomic E-state index is 0. The van der Waals surface area contributed by atoms with Crippen LogP contribution in [0.4, 0.5) is 11.4 Å². The van der Waals surface area contributed by atoms with Gasteiger partial charge in [0.15, 0.2) is 0 Å². The monoisotopic (exact) mass is 358 g/mol. The molecule has 1 aromatic rings. The van der Waals surface area contributed by atoms with Crippen molar-refractivity contribution in [2.75, 3.05) is 42.2 Å². The SMILES string of the molecule is CS(=O)(=O)Nc1ccc(N2CCOCC2)c(S(=O)(=O)[O-])c1.[Na+]. The van der Waals surface area contributed by atoms with Crippen molar-refractivity contribution in [1.82, 2.24) is 0 Å². The van der Waals surface area contributed by atoms with Crippen LogP contribution in [0.15, 0.2) is 23.1 Å². The third kappa shape index (κ3) is 5.37. The number of benzene rings is 1. The second-order valence-electron chi connectivity index (χ2n) is 4.61. The number of hydrogen-bond donors (Lipinski definition) is 1. The van der Waals surface area contributed by atoms with Crippen LogP contribution in [0, 0.1) is 0 Å². The Kier molecular flexibility index (Phi) is 6.69. The van der Waals surface area contributed by atoms with Crippen LogP contribution in [0.5, 0.6) is 0 Å². The summed E-state index contributed by atoms with van der Waals surface area (Å²) in [6.45, 7) is 1.78. The number of sulfonamides is 1. The van der Waals surface area contributed by atoms with E-state index in [1.807, 2.05) is 0 Å². The summed E-state index contributed by atoms with van der Waals surface area (Å²) < 4.78 is 64.0. The molecule has 0 atom stereocenters. The second kappa shape index (κ2) is 7.47. The fraction of sp³-hybridized carbons (Fsp3) is 0.455. The molecule has 2 rings (SSSR count). The maximum absolute atomic E-state index is 11.4. The maximum Gasteiger partial charge on any atom is 1.00 e. The van der Waals surface area contributed by atoms with Gasteiger partial charge in [-0.25, -0.2) is 16.8 Å². The van der Waals surface area contributed by atoms with Gasteiger partial charge in [0, 0.05) is 18.8 Å². The van der Waals surface area contributed by atoms with Gasteiger partial charge < -0.3 is 14.2 Å². The van der Waals surface area contributed by atoms with Crippen molar-refractivity contribution in [3.05, 3.63) is 18.2 Å². The van der Waals surface area contributed by atoms with Crippen molar-refractivity contribution in [3.63, 3.8) is 0 Å². The van der Waals surface area contributed by atoms with E-state index in [4.69, 9.17) is 4.74 Å². The standard InChI is InChI=1S/C11H16N2O6S2.Na/c1-20(14,15)12-9-2-3-10(11(8-9)21(16,17)18)13-4-6-19-7-5-13;/h2-3,8,12H,4-7H2,1H3,(H,16,17,18);/q;+1/p-1. The zero-order chi connectivity index (χ0) is 15.7. The Balaban J connectivity index is 0.00000242. The largest absolute Gasteiger partial charge is 1.00 e. The molecule has 22 heavy (non-hydrogen) atoms. The van der Waals surface area contributed by atoms with Gasteiger partial charge in [-0.1, -0.05) is 0 Å². The Bertz CT molecular complexity index is 729. The second-order valence-corrected chi connectivity index (χ2v) is 7.71. The molecule has 0 amide bonds. The molecule has 1 aliphatic rings. The number of morpholine rings is 1. The van der Waals surface area contributed by atoms with Crippen LogP contribution in [-0.2, 0) is 24.9 Å². The molecule has 1 fully saturated rings. The first-order valence-corrected chi connectivity index (χ1v) is 9.37. The van der Waals surface area contributed by atoms with E-state index in [1.165, 1.54) is 12.1 Å². The molecule has 1 saturated heterocycles. The normalized spacial score (nSPS) is 16.0. The first kappa shape index (κ1) is 19.7. The number of ether oxygens (including phenoxy) is 1. The first-order chi connectivity index (χ1) is 9.67. The molecule has 0 aliphatic carbocycles. The van der Waals surface area contributed by atoms with Crippen molar-refractivity contribution >= 4 is 31.5 Å². The first-order valence-electron chi connectivity index (χ1n) is 6.07. The summed E-state index contributed by atoms with van der Waals surface area (Å²) in [6, 6.07) is 3.87. The molecule has 1 N–H and O–H groups in total. The summed E-state index contributed by atoms with van der Waals surface area (Å²) in [4.78, 5) is 1.27. The third-order valence-electron chi connectivity index (χ3n) is 2.88. The average molecular weight is 358 g/mol. The van der Waals surface area contributed by atoms with E-state index in [-0.39, 0.29) is 40.9 Å². The minimum atomic E-state index is -4.73. The number of hydrogen-bond acceptors (Lipinski definition) is 7. The molecule has 118 valence electrons. The summed E-state index contributed by atoms with van der Waals surface area (Å²) >= 11 is 0. The van der Waals surface area contributed by atoms with Crippen molar-refractivity contribution in [1.29, 1.82) is 0 Å². The van der Waals surface area contributed by atoms with Crippen LogP contribution in [0.1, 0.15) is 0 Å². The number of anilines is 2. The molecule has 0 saturated carbocycles. The fourth-order valence-corrected chi connectivity index (χ4v) is 3.34. The van der Waals surface area contributed by atoms with E-state index in [9.17, 15) is 21.4 Å². The van der Waals surface area contributed by atoms with Crippen LogP contribution in [0.25, 0.3) is 0 Å². The average Bonchev–Trinajstić information content (AvgIpc) is 2.37. The smallest absolute Gasteiger partial charge is 0.744 e. The maximum atomic E-state index is 11.4. The van der Waals surface area contributed by atoms with Crippen molar-refractivity contribution in [2.24, 2.45) is 0 Å². The Morgan fingerprint density at radius 2 is 1.77 bits per heavy atom. The molecule has 0 unspecified atom stereocenters. The molecule has 0 aromatic heterocycles. The number of nitrogens with zero attached hydrogens (tertiary/aromatic N) is 1. The molecular formula is C11H15N2NaO6S2. The molecule has 1 aromatic carbocycles. The van der Waals surface area contributed by atoms with Crippen molar-refractivity contribution in [2.45, 2.75) is 4.90 Å². The van der Waals surface area contributed by atoms with Gasteiger partial charge in [0.2, 0.25) is 10.0 Å². The minimum Gasteiger partial charge on any atom is -0.744 e. The molecule has 11 heteroatoms. The van der Waals surface area contributed by atoms with E-state index in [0.29, 0.717) is 26.3 Å². The predicted molar refractivity (Wildman–Crippen MR) is 75.9 cm³/mol. The Morgan fingerprint density at radius 3 is 2.27 bits per heavy atom. The molecular weight excluding hydrogens is 343 g/mol. The quantitative estimate of drug-likeness (QED) is 0.445. The zero-order valence-electron chi connectivity index (χ0n) is 12.3. The Labute approximate surface area is 151 Å². The van der Waals surface area contributed by atoms with Gasteiger partial charge in [-0.3, -0.25) is 4.72 Å². The van der Waals surface area contributed by atoms with E-state index < -0.39 is 25.0 Å². The molecule has 0 bridgehead atoms. The third-order valence-corrected chi connectivity index (χ3v) is 4.36. The summed E-state index contributed by atoms with van der Waals surface area (Å²) in [7, 11) is -8.29. The Morgan fingerprint density at radius 1 is 1.18 bits per heavy atom. The van der Waals surface area contributed by atoms with E-state index in [1.54, 1.807) is 4.90 Å². The van der Waals surface area contributed by atoms with Gasteiger partial charge in [0.25, 0.3) is 0 Å². The van der Waals surface area contributed by atoms with Crippen molar-refractivity contribution < 1.29 is 55.7 Å². The molecule has 0 radical (unpaired) electrons. The van der Waals surface area contributed by atoms with E-state index in [0.717, 1.165) is 12.3 Å². The van der Waals surface area contributed by atoms with Gasteiger partial charge in [-0.2, -0.15) is 0 Å². The summed E-state index contributed by atoms with van der Waals surface area (Å²) in [6.07, 6.45) is 0.939.